The molecule has 4 nitrogen and oxygen atoms in total. The van der Waals surface area contributed by atoms with Gasteiger partial charge in [0.15, 0.2) is 0 Å². The van der Waals surface area contributed by atoms with Gasteiger partial charge in [-0.3, -0.25) is 4.79 Å². The van der Waals surface area contributed by atoms with Crippen LogP contribution in [0.15, 0.2) is 24.3 Å². The van der Waals surface area contributed by atoms with Gasteiger partial charge in [0.05, 0.1) is 17.7 Å². The van der Waals surface area contributed by atoms with Crippen LogP contribution in [0.5, 0.6) is 0 Å². The molecule has 0 aliphatic carbocycles. The van der Waals surface area contributed by atoms with Crippen molar-refractivity contribution >= 4 is 5.91 Å². The third kappa shape index (κ3) is 4.25. The molecule has 0 saturated carbocycles. The summed E-state index contributed by atoms with van der Waals surface area (Å²) in [7, 11) is 0. The van der Waals surface area contributed by atoms with E-state index in [4.69, 9.17) is 5.26 Å². The molecule has 1 aromatic rings. The Morgan fingerprint density at radius 2 is 2.35 bits per heavy atom. The van der Waals surface area contributed by atoms with Crippen molar-refractivity contribution in [3.05, 3.63) is 35.4 Å². The zero-order chi connectivity index (χ0) is 12.7. The number of nitrogens with zero attached hydrogens (tertiary/aromatic N) is 1. The van der Waals surface area contributed by atoms with Gasteiger partial charge in [-0.05, 0) is 31.0 Å². The summed E-state index contributed by atoms with van der Waals surface area (Å²) in [6.45, 7) is 2.33. The molecule has 1 unspecified atom stereocenters. The minimum Gasteiger partial charge on any atom is -0.393 e. The summed E-state index contributed by atoms with van der Waals surface area (Å²) in [5, 5.41) is 20.7. The highest BCUT2D eigenvalue weighted by atomic mass is 16.3. The normalized spacial score (nSPS) is 11.6. The second-order valence-corrected chi connectivity index (χ2v) is 3.80. The summed E-state index contributed by atoms with van der Waals surface area (Å²) >= 11 is 0. The van der Waals surface area contributed by atoms with E-state index in [0.717, 1.165) is 0 Å². The van der Waals surface area contributed by atoms with Crippen molar-refractivity contribution in [1.29, 1.82) is 5.26 Å². The first-order chi connectivity index (χ1) is 8.17. The number of hydrogen-bond acceptors (Lipinski definition) is 3. The Bertz CT molecular complexity index is 424. The smallest absolute Gasteiger partial charge is 0.251 e. The predicted molar refractivity (Wildman–Crippen MR) is 64.4 cm³/mol. The van der Waals surface area contributed by atoms with Crippen LogP contribution in [0.25, 0.3) is 0 Å². The zero-order valence-corrected chi connectivity index (χ0v) is 9.81. The molecule has 1 amide bonds. The number of aliphatic hydroxyl groups is 1. The van der Waals surface area contributed by atoms with E-state index in [0.29, 0.717) is 30.5 Å². The number of hydrogen-bond donors (Lipinski definition) is 2. The van der Waals surface area contributed by atoms with Gasteiger partial charge in [-0.15, -0.1) is 0 Å². The number of benzene rings is 1. The van der Waals surface area contributed by atoms with E-state index >= 15 is 0 Å². The molecule has 0 aliphatic heterocycles. The zero-order valence-electron chi connectivity index (χ0n) is 9.81. The molecule has 0 aliphatic rings. The Balaban J connectivity index is 2.50. The molecule has 1 rings (SSSR count). The molecule has 0 saturated heterocycles. The fourth-order valence-corrected chi connectivity index (χ4v) is 1.39. The number of amides is 1. The summed E-state index contributed by atoms with van der Waals surface area (Å²) < 4.78 is 0. The van der Waals surface area contributed by atoms with Gasteiger partial charge in [0, 0.05) is 12.1 Å². The van der Waals surface area contributed by atoms with Gasteiger partial charge in [0.2, 0.25) is 0 Å². The largest absolute Gasteiger partial charge is 0.393 e. The molecular weight excluding hydrogens is 216 g/mol. The molecule has 0 radical (unpaired) electrons. The molecular formula is C13H16N2O2. The first kappa shape index (κ1) is 13.2. The first-order valence-electron chi connectivity index (χ1n) is 5.63. The van der Waals surface area contributed by atoms with E-state index in [-0.39, 0.29) is 12.0 Å². The van der Waals surface area contributed by atoms with Gasteiger partial charge in [0.25, 0.3) is 5.91 Å². The third-order valence-electron chi connectivity index (χ3n) is 2.49. The average molecular weight is 232 g/mol. The first-order valence-corrected chi connectivity index (χ1v) is 5.63. The fraction of sp³-hybridized carbons (Fsp3) is 0.385. The SMILES string of the molecule is CCC(O)CCNC(=O)c1cccc(C#N)c1. The van der Waals surface area contributed by atoms with Crippen LogP contribution >= 0.6 is 0 Å². The maximum absolute atomic E-state index is 11.7. The number of rotatable bonds is 5. The van der Waals surface area contributed by atoms with Gasteiger partial charge in [0.1, 0.15) is 0 Å². The van der Waals surface area contributed by atoms with Crippen molar-refractivity contribution in [2.45, 2.75) is 25.9 Å². The highest BCUT2D eigenvalue weighted by Gasteiger charge is 2.06. The maximum Gasteiger partial charge on any atom is 0.251 e. The minimum atomic E-state index is -0.374. The van der Waals surface area contributed by atoms with E-state index in [9.17, 15) is 9.90 Å². The summed E-state index contributed by atoms with van der Waals surface area (Å²) in [4.78, 5) is 11.7. The highest BCUT2D eigenvalue weighted by molar-refractivity contribution is 5.94. The van der Waals surface area contributed by atoms with Gasteiger partial charge in [-0.2, -0.15) is 5.26 Å². The highest BCUT2D eigenvalue weighted by Crippen LogP contribution is 2.04. The Kier molecular flexibility index (Phi) is 5.18. The van der Waals surface area contributed by atoms with E-state index in [1.165, 1.54) is 0 Å². The molecule has 17 heavy (non-hydrogen) atoms. The van der Waals surface area contributed by atoms with E-state index < -0.39 is 0 Å². The number of carbonyl (C=O) groups is 1. The molecule has 4 heteroatoms. The van der Waals surface area contributed by atoms with Crippen molar-refractivity contribution in [2.75, 3.05) is 6.54 Å². The minimum absolute atomic E-state index is 0.217. The van der Waals surface area contributed by atoms with Crippen molar-refractivity contribution in [1.82, 2.24) is 5.32 Å². The Morgan fingerprint density at radius 3 is 3.00 bits per heavy atom. The molecule has 1 aromatic carbocycles. The standard InChI is InChI=1S/C13H16N2O2/c1-2-12(16)6-7-15-13(17)11-5-3-4-10(8-11)9-14/h3-5,8,12,16H,2,6-7H2,1H3,(H,15,17). The quantitative estimate of drug-likeness (QED) is 0.807. The van der Waals surface area contributed by atoms with E-state index in [2.05, 4.69) is 5.32 Å². The Labute approximate surface area is 101 Å². The van der Waals surface area contributed by atoms with Gasteiger partial charge >= 0.3 is 0 Å². The molecule has 2 N–H and O–H groups in total. The van der Waals surface area contributed by atoms with Crippen LogP contribution in [0.2, 0.25) is 0 Å². The van der Waals surface area contributed by atoms with Gasteiger partial charge < -0.3 is 10.4 Å². The van der Waals surface area contributed by atoms with Crippen LogP contribution in [-0.2, 0) is 0 Å². The van der Waals surface area contributed by atoms with Crippen LogP contribution in [0.3, 0.4) is 0 Å². The number of nitrogens with one attached hydrogen (secondary N) is 1. The van der Waals surface area contributed by atoms with E-state index in [1.54, 1.807) is 24.3 Å². The topological polar surface area (TPSA) is 73.1 Å². The van der Waals surface area contributed by atoms with Crippen molar-refractivity contribution < 1.29 is 9.90 Å². The second kappa shape index (κ2) is 6.66. The van der Waals surface area contributed by atoms with Crippen LogP contribution < -0.4 is 5.32 Å². The molecule has 0 fully saturated rings. The predicted octanol–water partition coefficient (Wildman–Crippen LogP) is 1.45. The Morgan fingerprint density at radius 1 is 1.59 bits per heavy atom. The maximum atomic E-state index is 11.7. The lowest BCUT2D eigenvalue weighted by Crippen LogP contribution is -2.27. The fourth-order valence-electron chi connectivity index (χ4n) is 1.39. The second-order valence-electron chi connectivity index (χ2n) is 3.80. The summed E-state index contributed by atoms with van der Waals surface area (Å²) in [5.74, 6) is -0.217. The van der Waals surface area contributed by atoms with Crippen LogP contribution in [0.1, 0.15) is 35.7 Å². The van der Waals surface area contributed by atoms with Gasteiger partial charge in [-0.1, -0.05) is 13.0 Å². The van der Waals surface area contributed by atoms with Crippen LogP contribution in [0.4, 0.5) is 0 Å². The van der Waals surface area contributed by atoms with Gasteiger partial charge in [-0.25, -0.2) is 0 Å². The number of nitriles is 1. The Hall–Kier alpha value is -1.86. The molecule has 0 aromatic heterocycles. The average Bonchev–Trinajstić information content (AvgIpc) is 2.38. The molecule has 1 atom stereocenters. The van der Waals surface area contributed by atoms with Crippen molar-refractivity contribution in [3.8, 4) is 6.07 Å². The summed E-state index contributed by atoms with van der Waals surface area (Å²) in [5.41, 5.74) is 0.932. The molecule has 0 heterocycles. The monoisotopic (exact) mass is 232 g/mol. The van der Waals surface area contributed by atoms with Crippen molar-refractivity contribution in [3.63, 3.8) is 0 Å². The number of carbonyl (C=O) groups excluding carboxylic acids is 1. The molecule has 0 spiro atoms. The van der Waals surface area contributed by atoms with E-state index in [1.807, 2.05) is 13.0 Å². The lowest BCUT2D eigenvalue weighted by Gasteiger charge is -2.08. The lowest BCUT2D eigenvalue weighted by molar-refractivity contribution is 0.0942. The lowest BCUT2D eigenvalue weighted by atomic mass is 10.1. The molecule has 0 bridgehead atoms. The third-order valence-corrected chi connectivity index (χ3v) is 2.49. The van der Waals surface area contributed by atoms with Crippen LogP contribution in [0, 0.1) is 11.3 Å². The van der Waals surface area contributed by atoms with Crippen LogP contribution in [-0.4, -0.2) is 23.7 Å². The molecule has 90 valence electrons. The van der Waals surface area contributed by atoms with Crippen molar-refractivity contribution in [2.24, 2.45) is 0 Å². The summed E-state index contributed by atoms with van der Waals surface area (Å²) in [6, 6.07) is 8.52. The number of aliphatic hydroxyl groups excluding tert-OH is 1. The summed E-state index contributed by atoms with van der Waals surface area (Å²) in [6.07, 6.45) is 0.848.